The molecule has 0 spiro atoms. The van der Waals surface area contributed by atoms with E-state index in [0.29, 0.717) is 12.6 Å². The number of carbonyl (C=O) groups is 1. The Morgan fingerprint density at radius 2 is 2.27 bits per heavy atom. The van der Waals surface area contributed by atoms with Gasteiger partial charge in [0, 0.05) is 50.1 Å². The van der Waals surface area contributed by atoms with Gasteiger partial charge in [-0.3, -0.25) is 14.4 Å². The third-order valence-corrected chi connectivity index (χ3v) is 4.01. The molecule has 6 nitrogen and oxygen atoms in total. The summed E-state index contributed by atoms with van der Waals surface area (Å²) in [6.07, 6.45) is 1.95. The molecule has 0 bridgehead atoms. The van der Waals surface area contributed by atoms with E-state index in [4.69, 9.17) is 5.10 Å². The molecule has 0 fully saturated rings. The Morgan fingerprint density at radius 1 is 1.45 bits per heavy atom. The third kappa shape index (κ3) is 2.92. The summed E-state index contributed by atoms with van der Waals surface area (Å²) in [7, 11) is 0. The zero-order valence-electron chi connectivity index (χ0n) is 13.4. The Kier molecular flexibility index (Phi) is 4.02. The Labute approximate surface area is 130 Å². The van der Waals surface area contributed by atoms with E-state index in [1.165, 1.54) is 23.9 Å². The second kappa shape index (κ2) is 5.96. The van der Waals surface area contributed by atoms with Gasteiger partial charge in [0.1, 0.15) is 0 Å². The summed E-state index contributed by atoms with van der Waals surface area (Å²) >= 11 is 0. The third-order valence-electron chi connectivity index (χ3n) is 4.01. The van der Waals surface area contributed by atoms with E-state index >= 15 is 0 Å². The van der Waals surface area contributed by atoms with Crippen LogP contribution in [0.25, 0.3) is 0 Å². The molecular weight excluding hydrogens is 278 g/mol. The summed E-state index contributed by atoms with van der Waals surface area (Å²) in [6, 6.07) is 4.46. The smallest absolute Gasteiger partial charge is 0.217 e. The molecule has 2 aromatic rings. The molecule has 0 unspecified atom stereocenters. The number of hydrogen-bond donors (Lipinski definition) is 2. The van der Waals surface area contributed by atoms with E-state index in [1.54, 1.807) is 0 Å². The second-order valence-electron chi connectivity index (χ2n) is 6.16. The number of nitrogens with zero attached hydrogens (tertiary/aromatic N) is 3. The number of rotatable bonds is 5. The number of carbonyl (C=O) groups excluding carboxylic acids is 1. The van der Waals surface area contributed by atoms with Crippen molar-refractivity contribution in [1.82, 2.24) is 25.0 Å². The van der Waals surface area contributed by atoms with Crippen LogP contribution in [0.4, 0.5) is 0 Å². The number of fused-ring (bicyclic) bond motifs is 1. The molecule has 2 N–H and O–H groups in total. The van der Waals surface area contributed by atoms with Gasteiger partial charge in [-0.2, -0.15) is 5.10 Å². The van der Waals surface area contributed by atoms with Gasteiger partial charge in [0.15, 0.2) is 0 Å². The number of amides is 1. The summed E-state index contributed by atoms with van der Waals surface area (Å²) in [5.41, 5.74) is 4.77. The predicted molar refractivity (Wildman–Crippen MR) is 83.9 cm³/mol. The molecule has 0 aromatic carbocycles. The Hall–Kier alpha value is -2.08. The average Bonchev–Trinajstić information content (AvgIpc) is 3.13. The highest BCUT2D eigenvalue weighted by atomic mass is 16.1. The fraction of sp³-hybridized carbons (Fsp3) is 0.500. The summed E-state index contributed by atoms with van der Waals surface area (Å²) in [5.74, 6) is -0.0194. The van der Waals surface area contributed by atoms with Gasteiger partial charge < -0.3 is 10.3 Å². The van der Waals surface area contributed by atoms with E-state index in [0.717, 1.165) is 25.3 Å². The van der Waals surface area contributed by atoms with Crippen molar-refractivity contribution in [2.24, 2.45) is 0 Å². The minimum atomic E-state index is -0.0194. The van der Waals surface area contributed by atoms with Crippen molar-refractivity contribution in [1.29, 1.82) is 0 Å². The average molecular weight is 301 g/mol. The number of H-pyrrole nitrogens is 1. The van der Waals surface area contributed by atoms with Crippen LogP contribution in [0.5, 0.6) is 0 Å². The molecule has 2 aromatic heterocycles. The van der Waals surface area contributed by atoms with E-state index in [-0.39, 0.29) is 5.91 Å². The monoisotopic (exact) mass is 301 g/mol. The van der Waals surface area contributed by atoms with Crippen molar-refractivity contribution in [3.63, 3.8) is 0 Å². The van der Waals surface area contributed by atoms with Gasteiger partial charge in [0.2, 0.25) is 5.91 Å². The summed E-state index contributed by atoms with van der Waals surface area (Å²) in [6.45, 7) is 9.02. The molecule has 1 amide bonds. The first-order valence-electron chi connectivity index (χ1n) is 7.72. The topological polar surface area (TPSA) is 66.0 Å². The van der Waals surface area contributed by atoms with E-state index in [9.17, 15) is 4.79 Å². The van der Waals surface area contributed by atoms with E-state index in [1.807, 2.05) is 12.3 Å². The van der Waals surface area contributed by atoms with Gasteiger partial charge in [0.25, 0.3) is 0 Å². The van der Waals surface area contributed by atoms with Gasteiger partial charge in [-0.15, -0.1) is 0 Å². The van der Waals surface area contributed by atoms with Crippen molar-refractivity contribution in [2.45, 2.75) is 53.0 Å². The largest absolute Gasteiger partial charge is 0.364 e. The second-order valence-corrected chi connectivity index (χ2v) is 6.16. The summed E-state index contributed by atoms with van der Waals surface area (Å²) in [4.78, 5) is 16.8. The van der Waals surface area contributed by atoms with Crippen LogP contribution >= 0.6 is 0 Å². The van der Waals surface area contributed by atoms with Gasteiger partial charge in [-0.1, -0.05) is 0 Å². The summed E-state index contributed by atoms with van der Waals surface area (Å²) in [5, 5.41) is 7.57. The highest BCUT2D eigenvalue weighted by molar-refractivity contribution is 5.72. The van der Waals surface area contributed by atoms with Crippen LogP contribution in [0, 0.1) is 0 Å². The van der Waals surface area contributed by atoms with Crippen LogP contribution in [0.1, 0.15) is 49.5 Å². The Morgan fingerprint density at radius 3 is 2.91 bits per heavy atom. The normalized spacial score (nSPS) is 14.5. The lowest BCUT2D eigenvalue weighted by Crippen LogP contribution is -2.22. The van der Waals surface area contributed by atoms with Crippen molar-refractivity contribution in [2.75, 3.05) is 0 Å². The fourth-order valence-corrected chi connectivity index (χ4v) is 2.99. The van der Waals surface area contributed by atoms with Crippen LogP contribution in [0.3, 0.4) is 0 Å². The lowest BCUT2D eigenvalue weighted by atomic mass is 10.2. The zero-order valence-corrected chi connectivity index (χ0v) is 13.4. The summed E-state index contributed by atoms with van der Waals surface area (Å²) < 4.78 is 2.10. The van der Waals surface area contributed by atoms with Crippen LogP contribution < -0.4 is 5.32 Å². The van der Waals surface area contributed by atoms with E-state index in [2.05, 4.69) is 39.8 Å². The van der Waals surface area contributed by atoms with Gasteiger partial charge in [0.05, 0.1) is 17.9 Å². The molecule has 118 valence electrons. The maximum absolute atomic E-state index is 11.2. The van der Waals surface area contributed by atoms with Crippen LogP contribution in [0.15, 0.2) is 18.3 Å². The number of aromatic amines is 1. The molecule has 1 aliphatic heterocycles. The maximum Gasteiger partial charge on any atom is 0.217 e. The van der Waals surface area contributed by atoms with Gasteiger partial charge in [-0.05, 0) is 26.0 Å². The number of aromatic nitrogens is 3. The molecule has 22 heavy (non-hydrogen) atoms. The van der Waals surface area contributed by atoms with Crippen molar-refractivity contribution in [3.8, 4) is 0 Å². The molecule has 1 aliphatic rings. The van der Waals surface area contributed by atoms with Crippen LogP contribution in [-0.2, 0) is 31.0 Å². The minimum absolute atomic E-state index is 0.0194. The van der Waals surface area contributed by atoms with Gasteiger partial charge in [-0.25, -0.2) is 0 Å². The van der Waals surface area contributed by atoms with Crippen LogP contribution in [0.2, 0.25) is 0 Å². The maximum atomic E-state index is 11.2. The quantitative estimate of drug-likeness (QED) is 0.887. The first-order chi connectivity index (χ1) is 10.5. The lowest BCUT2D eigenvalue weighted by molar-refractivity contribution is -0.119. The number of nitrogens with one attached hydrogen (secondary N) is 2. The molecular formula is C16H23N5O. The van der Waals surface area contributed by atoms with Crippen molar-refractivity contribution in [3.05, 3.63) is 41.0 Å². The Balaban J connectivity index is 1.80. The molecule has 6 heteroatoms. The SMILES string of the molecule is CC(=O)NCc1nn(C(C)C)c2c1CN(Cc1ccc[nH]1)C2. The number of hydrogen-bond acceptors (Lipinski definition) is 3. The highest BCUT2D eigenvalue weighted by Crippen LogP contribution is 2.29. The van der Waals surface area contributed by atoms with Gasteiger partial charge >= 0.3 is 0 Å². The standard InChI is InChI=1S/C16H23N5O/c1-11(2)21-16-10-20(8-13-5-4-6-17-13)9-14(16)15(19-21)7-18-12(3)22/h4-6,11,17H,7-10H2,1-3H3,(H,18,22). The molecule has 0 saturated carbocycles. The molecule has 0 saturated heterocycles. The predicted octanol–water partition coefficient (Wildman–Crippen LogP) is 1.94. The van der Waals surface area contributed by atoms with Crippen LogP contribution in [-0.4, -0.2) is 25.6 Å². The fourth-order valence-electron chi connectivity index (χ4n) is 2.99. The van der Waals surface area contributed by atoms with E-state index < -0.39 is 0 Å². The van der Waals surface area contributed by atoms with Crippen molar-refractivity contribution >= 4 is 5.91 Å². The first kappa shape index (κ1) is 14.8. The molecule has 3 rings (SSSR count). The lowest BCUT2D eigenvalue weighted by Gasteiger charge is -2.16. The Bertz CT molecular complexity index is 656. The molecule has 0 aliphatic carbocycles. The molecule has 0 radical (unpaired) electrons. The minimum Gasteiger partial charge on any atom is -0.364 e. The molecule has 3 heterocycles. The zero-order chi connectivity index (χ0) is 15.7. The van der Waals surface area contributed by atoms with Crippen molar-refractivity contribution < 1.29 is 4.79 Å². The first-order valence-corrected chi connectivity index (χ1v) is 7.72. The molecule has 0 atom stereocenters. The highest BCUT2D eigenvalue weighted by Gasteiger charge is 2.28.